The summed E-state index contributed by atoms with van der Waals surface area (Å²) in [5.41, 5.74) is 9.16. The van der Waals surface area contributed by atoms with Crippen molar-refractivity contribution in [3.05, 3.63) is 94.4 Å². The second kappa shape index (κ2) is 15.4. The van der Waals surface area contributed by atoms with Crippen molar-refractivity contribution in [2.45, 2.75) is 92.9 Å². The van der Waals surface area contributed by atoms with Crippen LogP contribution < -0.4 is 0 Å². The van der Waals surface area contributed by atoms with Gasteiger partial charge in [-0.05, 0) is 71.9 Å². The van der Waals surface area contributed by atoms with Gasteiger partial charge in [0.15, 0.2) is 0 Å². The molecular weight excluding hydrogens is 603 g/mol. The summed E-state index contributed by atoms with van der Waals surface area (Å²) >= 11 is 0.194. The van der Waals surface area contributed by atoms with Crippen LogP contribution in [0.3, 0.4) is 0 Å². The Morgan fingerprint density at radius 1 is 0.548 bits per heavy atom. The number of rotatable bonds is 8. The maximum atomic E-state index is 5.27. The number of para-hydroxylation sites is 2. The first-order valence-corrected chi connectivity index (χ1v) is 17.7. The van der Waals surface area contributed by atoms with Gasteiger partial charge in [0.2, 0.25) is 0 Å². The van der Waals surface area contributed by atoms with Crippen LogP contribution in [0.2, 0.25) is 0 Å². The van der Waals surface area contributed by atoms with Gasteiger partial charge < -0.3 is 4.42 Å². The van der Waals surface area contributed by atoms with Gasteiger partial charge >= 0.3 is 33.3 Å². The van der Waals surface area contributed by atoms with Crippen LogP contribution in [-0.4, -0.2) is 11.4 Å². The van der Waals surface area contributed by atoms with E-state index in [0.717, 1.165) is 45.1 Å². The molecule has 0 bridgehead atoms. The van der Waals surface area contributed by atoms with Crippen molar-refractivity contribution in [3.63, 3.8) is 0 Å². The van der Waals surface area contributed by atoms with Crippen molar-refractivity contribution in [1.29, 1.82) is 0 Å². The molecule has 226 valence electrons. The van der Waals surface area contributed by atoms with E-state index in [1.165, 1.54) is 22.3 Å². The Bertz CT molecular complexity index is 1400. The summed E-state index contributed by atoms with van der Waals surface area (Å²) in [6.07, 6.45) is 0. The van der Waals surface area contributed by atoms with Gasteiger partial charge in [0.05, 0.1) is 22.1 Å². The van der Waals surface area contributed by atoms with Crippen LogP contribution in [0.15, 0.2) is 75.1 Å². The first-order chi connectivity index (χ1) is 19.9. The SMILES string of the molecule is CC(=Nc1c(C(C)C)cccc1C(C)C)c1[oH+]c(C(C)=Nc2c(C(C)C)cccc2C(C)C)c2ccccc12.[Cl][Fe][Cl]. The molecule has 0 unspecified atom stereocenters. The molecule has 3 nitrogen and oxygen atoms in total. The van der Waals surface area contributed by atoms with E-state index in [1.807, 2.05) is 0 Å². The minimum absolute atomic E-state index is 0.194. The zero-order valence-corrected chi connectivity index (χ0v) is 29.2. The summed E-state index contributed by atoms with van der Waals surface area (Å²) in [6.45, 7) is 22.1. The number of benzene rings is 3. The third-order valence-electron chi connectivity index (χ3n) is 7.59. The number of nitrogens with zero attached hydrogens (tertiary/aromatic N) is 2. The van der Waals surface area contributed by atoms with E-state index in [4.69, 9.17) is 34.6 Å². The molecule has 0 radical (unpaired) electrons. The fourth-order valence-electron chi connectivity index (χ4n) is 5.40. The van der Waals surface area contributed by atoms with E-state index in [0.29, 0.717) is 23.7 Å². The van der Waals surface area contributed by atoms with E-state index < -0.39 is 0 Å². The van der Waals surface area contributed by atoms with Crippen LogP contribution in [0.4, 0.5) is 11.4 Å². The topological polar surface area (TPSA) is 37.5 Å². The third kappa shape index (κ3) is 7.77. The molecule has 1 aromatic heterocycles. The molecule has 0 aliphatic carbocycles. The number of furan rings is 1. The molecule has 0 amide bonds. The van der Waals surface area contributed by atoms with Gasteiger partial charge in [-0.1, -0.05) is 104 Å². The Morgan fingerprint density at radius 3 is 1.10 bits per heavy atom. The van der Waals surface area contributed by atoms with Crippen LogP contribution in [0.1, 0.15) is 127 Å². The first-order valence-electron chi connectivity index (χ1n) is 14.7. The monoisotopic (exact) mass is 647 g/mol. The van der Waals surface area contributed by atoms with Gasteiger partial charge in [0.25, 0.3) is 11.5 Å². The van der Waals surface area contributed by atoms with E-state index in [9.17, 15) is 0 Å². The predicted molar refractivity (Wildman–Crippen MR) is 182 cm³/mol. The first kappa shape index (κ1) is 34.1. The quantitative estimate of drug-likeness (QED) is 0.104. The molecule has 0 aliphatic heterocycles. The average Bonchev–Trinajstić information content (AvgIpc) is 3.33. The van der Waals surface area contributed by atoms with E-state index >= 15 is 0 Å². The molecule has 0 aliphatic rings. The Hall–Kier alpha value is -2.36. The number of fused-ring (bicyclic) bond motifs is 1. The summed E-state index contributed by atoms with van der Waals surface area (Å²) in [5, 5.41) is 2.25. The predicted octanol–water partition coefficient (Wildman–Crippen LogP) is 12.7. The summed E-state index contributed by atoms with van der Waals surface area (Å²) in [5.74, 6) is 3.43. The molecular formula is C36H45Cl2FeN2O+. The second-order valence-corrected chi connectivity index (χ2v) is 13.8. The fourth-order valence-corrected chi connectivity index (χ4v) is 5.40. The molecule has 0 fully saturated rings. The number of halogens is 2. The summed E-state index contributed by atoms with van der Waals surface area (Å²) in [6, 6.07) is 21.6. The van der Waals surface area contributed by atoms with Gasteiger partial charge in [-0.15, -0.1) is 0 Å². The molecule has 0 atom stereocenters. The number of hydrogen-bond donors (Lipinski definition) is 0. The van der Waals surface area contributed by atoms with Crippen LogP contribution in [0, 0.1) is 0 Å². The summed E-state index contributed by atoms with van der Waals surface area (Å²) < 4.78 is 5.22. The van der Waals surface area contributed by atoms with Crippen molar-refractivity contribution >= 4 is 53.8 Å². The van der Waals surface area contributed by atoms with Crippen molar-refractivity contribution in [2.24, 2.45) is 9.98 Å². The molecule has 6 heteroatoms. The summed E-state index contributed by atoms with van der Waals surface area (Å²) in [7, 11) is 9.53. The zero-order valence-electron chi connectivity index (χ0n) is 26.5. The molecule has 4 rings (SSSR count). The van der Waals surface area contributed by atoms with Crippen LogP contribution >= 0.6 is 20.2 Å². The van der Waals surface area contributed by atoms with E-state index in [2.05, 4.69) is 130 Å². The molecule has 4 aromatic rings. The molecule has 0 spiro atoms. The molecule has 1 heterocycles. The number of aliphatic imine (C=N–C) groups is 2. The Kier molecular flexibility index (Phi) is 12.5. The van der Waals surface area contributed by atoms with Crippen LogP contribution in [0.5, 0.6) is 0 Å². The fraction of sp³-hybridized carbons (Fsp3) is 0.389. The van der Waals surface area contributed by atoms with Gasteiger partial charge in [0.1, 0.15) is 11.4 Å². The van der Waals surface area contributed by atoms with Crippen molar-refractivity contribution < 1.29 is 17.6 Å². The van der Waals surface area contributed by atoms with Crippen molar-refractivity contribution in [3.8, 4) is 0 Å². The van der Waals surface area contributed by atoms with E-state index in [1.54, 1.807) is 0 Å². The molecule has 0 saturated carbocycles. The van der Waals surface area contributed by atoms with Crippen molar-refractivity contribution in [1.82, 2.24) is 0 Å². The van der Waals surface area contributed by atoms with Crippen LogP contribution in [0.25, 0.3) is 10.8 Å². The zero-order chi connectivity index (χ0) is 31.1. The minimum atomic E-state index is 0.194. The average molecular weight is 649 g/mol. The van der Waals surface area contributed by atoms with Crippen LogP contribution in [-0.2, 0) is 13.1 Å². The Labute approximate surface area is 267 Å². The number of hydrogen-bond acceptors (Lipinski definition) is 2. The molecule has 1 N–H and O–H groups in total. The third-order valence-corrected chi connectivity index (χ3v) is 7.59. The van der Waals surface area contributed by atoms with E-state index in [-0.39, 0.29) is 13.1 Å². The van der Waals surface area contributed by atoms with Gasteiger partial charge in [-0.3, -0.25) is 0 Å². The summed E-state index contributed by atoms with van der Waals surface area (Å²) in [4.78, 5) is 10.5. The molecule has 3 aromatic carbocycles. The molecule has 0 saturated heterocycles. The second-order valence-electron chi connectivity index (χ2n) is 12.0. The molecule has 42 heavy (non-hydrogen) atoms. The van der Waals surface area contributed by atoms with Crippen molar-refractivity contribution in [2.75, 3.05) is 0 Å². The van der Waals surface area contributed by atoms with Gasteiger partial charge in [0, 0.05) is 0 Å². The maximum absolute atomic E-state index is 5.27. The Balaban J connectivity index is 0.00000155. The Morgan fingerprint density at radius 2 is 0.833 bits per heavy atom. The standard InChI is InChI=1S/C36H44N2O.2ClH.Fe/c1-21(2)27-17-13-18-28(22(3)4)33(27)37-25(9)35-31-15-11-12-16-32(31)36(39-35)26(10)38-34-29(23(5)6)19-14-20-30(34)24(7)8;;;/h11-24H,1-10H3;2*1H;/q;;;+2/p-1. The van der Waals surface area contributed by atoms with Gasteiger partial charge in [-0.2, -0.15) is 0 Å². The van der Waals surface area contributed by atoms with Gasteiger partial charge in [-0.25, -0.2) is 9.98 Å². The normalized spacial score (nSPS) is 12.7.